The van der Waals surface area contributed by atoms with Crippen molar-refractivity contribution in [2.75, 3.05) is 18.0 Å². The van der Waals surface area contributed by atoms with Gasteiger partial charge in [0.25, 0.3) is 0 Å². The zero-order valence-electron chi connectivity index (χ0n) is 11.6. The van der Waals surface area contributed by atoms with E-state index in [0.717, 1.165) is 13.1 Å². The Labute approximate surface area is 139 Å². The number of aromatic nitrogens is 2. The minimum Gasteiger partial charge on any atom is -0.355 e. The predicted molar refractivity (Wildman–Crippen MR) is 85.2 cm³/mol. The quantitative estimate of drug-likeness (QED) is 0.530. The van der Waals surface area contributed by atoms with Gasteiger partial charge in [0, 0.05) is 18.5 Å². The molecule has 7 heteroatoms. The van der Waals surface area contributed by atoms with Crippen LogP contribution in [0.4, 0.5) is 14.6 Å². The number of hydrogen-bond acceptors (Lipinski definition) is 3. The van der Waals surface area contributed by atoms with Gasteiger partial charge in [0.15, 0.2) is 5.82 Å². The van der Waals surface area contributed by atoms with Gasteiger partial charge in [-0.2, -0.15) is 4.98 Å². The lowest BCUT2D eigenvalue weighted by Crippen LogP contribution is -2.37. The summed E-state index contributed by atoms with van der Waals surface area (Å²) in [5.74, 6) is 0.412. The SMILES string of the molecule is Fc1cc2c(N3CC4CCC(C4)C3)nc(Cl)nc2c(F)c1Br. The number of rotatable bonds is 1. The Balaban J connectivity index is 1.90. The van der Waals surface area contributed by atoms with Gasteiger partial charge in [-0.1, -0.05) is 0 Å². The molecule has 2 unspecified atom stereocenters. The number of fused-ring (bicyclic) bond motifs is 3. The van der Waals surface area contributed by atoms with Crippen LogP contribution in [0.15, 0.2) is 10.5 Å². The molecule has 2 atom stereocenters. The van der Waals surface area contributed by atoms with E-state index in [-0.39, 0.29) is 15.3 Å². The molecule has 1 aromatic heterocycles. The zero-order valence-corrected chi connectivity index (χ0v) is 14.0. The van der Waals surface area contributed by atoms with E-state index in [4.69, 9.17) is 11.6 Å². The highest BCUT2D eigenvalue weighted by molar-refractivity contribution is 9.10. The molecule has 1 saturated carbocycles. The van der Waals surface area contributed by atoms with Crippen molar-refractivity contribution in [3.63, 3.8) is 0 Å². The Morgan fingerprint density at radius 2 is 1.86 bits per heavy atom. The second-order valence-electron chi connectivity index (χ2n) is 6.15. The zero-order chi connectivity index (χ0) is 15.4. The molecule has 116 valence electrons. The average Bonchev–Trinajstić information content (AvgIpc) is 2.84. The maximum atomic E-state index is 14.3. The Kier molecular flexibility index (Phi) is 3.49. The van der Waals surface area contributed by atoms with Crippen LogP contribution in [0.1, 0.15) is 19.3 Å². The number of benzene rings is 1. The molecule has 1 aromatic carbocycles. The molecule has 0 N–H and O–H groups in total. The molecular formula is C15H13BrClF2N3. The molecule has 2 fully saturated rings. The van der Waals surface area contributed by atoms with Crippen molar-refractivity contribution in [1.29, 1.82) is 0 Å². The molecule has 4 rings (SSSR count). The topological polar surface area (TPSA) is 29.0 Å². The molecule has 2 aromatic rings. The van der Waals surface area contributed by atoms with E-state index in [2.05, 4.69) is 30.8 Å². The minimum atomic E-state index is -0.736. The van der Waals surface area contributed by atoms with Crippen LogP contribution in [0.3, 0.4) is 0 Å². The lowest BCUT2D eigenvalue weighted by molar-refractivity contribution is 0.419. The molecule has 1 aliphatic heterocycles. The molecule has 1 aliphatic carbocycles. The molecule has 0 amide bonds. The standard InChI is InChI=1S/C15H13BrClF2N3/c16-11-10(18)4-9-13(12(11)19)20-15(17)21-14(9)22-5-7-1-2-8(3-7)6-22/h4,7-8H,1-3,5-6H2. The van der Waals surface area contributed by atoms with Crippen molar-refractivity contribution in [1.82, 2.24) is 9.97 Å². The Hall–Kier alpha value is -1.01. The first-order chi connectivity index (χ1) is 10.5. The Morgan fingerprint density at radius 3 is 2.55 bits per heavy atom. The summed E-state index contributed by atoms with van der Waals surface area (Å²) in [6, 6.07) is 1.28. The van der Waals surface area contributed by atoms with Crippen LogP contribution < -0.4 is 4.90 Å². The molecule has 2 aliphatic rings. The number of nitrogens with zero attached hydrogens (tertiary/aromatic N) is 3. The monoisotopic (exact) mass is 387 g/mol. The van der Waals surface area contributed by atoms with Crippen LogP contribution in [0.25, 0.3) is 10.9 Å². The first-order valence-corrected chi connectivity index (χ1v) is 8.45. The smallest absolute Gasteiger partial charge is 0.225 e. The van der Waals surface area contributed by atoms with Gasteiger partial charge in [0.2, 0.25) is 5.28 Å². The third kappa shape index (κ3) is 2.27. The fraction of sp³-hybridized carbons (Fsp3) is 0.467. The van der Waals surface area contributed by atoms with Gasteiger partial charge in [0.05, 0.1) is 4.47 Å². The van der Waals surface area contributed by atoms with E-state index in [1.54, 1.807) is 0 Å². The number of anilines is 1. The molecular weight excluding hydrogens is 376 g/mol. The molecule has 0 radical (unpaired) electrons. The van der Waals surface area contributed by atoms with Crippen LogP contribution in [-0.2, 0) is 0 Å². The largest absolute Gasteiger partial charge is 0.355 e. The van der Waals surface area contributed by atoms with E-state index < -0.39 is 11.6 Å². The molecule has 1 saturated heterocycles. The number of halogens is 4. The van der Waals surface area contributed by atoms with Crippen LogP contribution in [0.2, 0.25) is 5.28 Å². The van der Waals surface area contributed by atoms with Crippen LogP contribution in [0.5, 0.6) is 0 Å². The van der Waals surface area contributed by atoms with E-state index in [1.165, 1.54) is 25.3 Å². The average molecular weight is 389 g/mol. The number of hydrogen-bond donors (Lipinski definition) is 0. The maximum absolute atomic E-state index is 14.3. The summed E-state index contributed by atoms with van der Waals surface area (Å²) in [5, 5.41) is 0.363. The van der Waals surface area contributed by atoms with E-state index in [9.17, 15) is 8.78 Å². The summed E-state index contributed by atoms with van der Waals surface area (Å²) in [7, 11) is 0. The molecule has 0 spiro atoms. The van der Waals surface area contributed by atoms with E-state index >= 15 is 0 Å². The highest BCUT2D eigenvalue weighted by Gasteiger charge is 2.34. The fourth-order valence-electron chi connectivity index (χ4n) is 3.75. The van der Waals surface area contributed by atoms with Gasteiger partial charge in [-0.25, -0.2) is 13.8 Å². The summed E-state index contributed by atoms with van der Waals surface area (Å²) in [6.07, 6.45) is 3.67. The van der Waals surface area contributed by atoms with Gasteiger partial charge in [-0.15, -0.1) is 0 Å². The lowest BCUT2D eigenvalue weighted by atomic mass is 9.98. The first-order valence-electron chi connectivity index (χ1n) is 7.28. The highest BCUT2D eigenvalue weighted by Crippen LogP contribution is 2.40. The van der Waals surface area contributed by atoms with E-state index in [0.29, 0.717) is 23.0 Å². The van der Waals surface area contributed by atoms with Gasteiger partial charge < -0.3 is 4.90 Å². The molecule has 22 heavy (non-hydrogen) atoms. The van der Waals surface area contributed by atoms with Crippen molar-refractivity contribution >= 4 is 44.3 Å². The highest BCUT2D eigenvalue weighted by atomic mass is 79.9. The second-order valence-corrected chi connectivity index (χ2v) is 7.28. The van der Waals surface area contributed by atoms with Crippen molar-refractivity contribution in [2.45, 2.75) is 19.3 Å². The van der Waals surface area contributed by atoms with Crippen molar-refractivity contribution < 1.29 is 8.78 Å². The van der Waals surface area contributed by atoms with Gasteiger partial charge in [-0.3, -0.25) is 0 Å². The fourth-order valence-corrected chi connectivity index (χ4v) is 4.22. The minimum absolute atomic E-state index is 0.0159. The summed E-state index contributed by atoms with van der Waals surface area (Å²) < 4.78 is 28.0. The molecule has 2 heterocycles. The van der Waals surface area contributed by atoms with Gasteiger partial charge in [-0.05, 0) is 64.7 Å². The first kappa shape index (κ1) is 14.6. The summed E-state index contributed by atoms with van der Waals surface area (Å²) in [4.78, 5) is 10.3. The third-order valence-corrected chi connectivity index (χ3v) is 5.58. The summed E-state index contributed by atoms with van der Waals surface area (Å²) in [6.45, 7) is 1.72. The lowest BCUT2D eigenvalue weighted by Gasteiger charge is -2.33. The van der Waals surface area contributed by atoms with Crippen molar-refractivity contribution in [3.8, 4) is 0 Å². The van der Waals surface area contributed by atoms with Crippen LogP contribution in [-0.4, -0.2) is 23.1 Å². The molecule has 2 bridgehead atoms. The van der Waals surface area contributed by atoms with Crippen molar-refractivity contribution in [2.24, 2.45) is 11.8 Å². The van der Waals surface area contributed by atoms with Crippen molar-refractivity contribution in [3.05, 3.63) is 27.5 Å². The Bertz CT molecular complexity index is 758. The third-order valence-electron chi connectivity index (χ3n) is 4.69. The molecule has 3 nitrogen and oxygen atoms in total. The van der Waals surface area contributed by atoms with Crippen LogP contribution >= 0.6 is 27.5 Å². The Morgan fingerprint density at radius 1 is 1.18 bits per heavy atom. The van der Waals surface area contributed by atoms with E-state index in [1.807, 2.05) is 0 Å². The normalized spacial score (nSPS) is 24.3. The van der Waals surface area contributed by atoms with Crippen LogP contribution in [0, 0.1) is 23.5 Å². The van der Waals surface area contributed by atoms with Gasteiger partial charge >= 0.3 is 0 Å². The predicted octanol–water partition coefficient (Wildman–Crippen LogP) is 4.56. The summed E-state index contributed by atoms with van der Waals surface area (Å²) >= 11 is 8.88. The maximum Gasteiger partial charge on any atom is 0.225 e. The second kappa shape index (κ2) is 5.27. The van der Waals surface area contributed by atoms with Gasteiger partial charge in [0.1, 0.15) is 17.2 Å². The summed E-state index contributed by atoms with van der Waals surface area (Å²) in [5.41, 5.74) is 0.0567. The number of piperidine rings is 1.